The number of nitrogens with zero attached hydrogens (tertiary/aromatic N) is 2. The van der Waals surface area contributed by atoms with Crippen molar-refractivity contribution in [3.05, 3.63) is 30.1 Å². The molecule has 0 aromatic carbocycles. The van der Waals surface area contributed by atoms with Gasteiger partial charge in [-0.3, -0.25) is 4.98 Å². The molecule has 98 valence electrons. The number of aromatic nitrogens is 1. The van der Waals surface area contributed by atoms with Crippen LogP contribution in [0.25, 0.3) is 0 Å². The molecule has 2 N–H and O–H groups in total. The Bertz CT molecular complexity index is 422. The van der Waals surface area contributed by atoms with Gasteiger partial charge in [-0.25, -0.2) is 9.59 Å². The number of carbonyl (C=O) groups excluding carboxylic acids is 1. The molecule has 2 amide bonds. The molecule has 1 aromatic heterocycles. The number of pyridine rings is 1. The molecule has 1 rings (SSSR count). The molecule has 0 radical (unpaired) electrons. The van der Waals surface area contributed by atoms with Crippen LogP contribution in [0.3, 0.4) is 0 Å². The van der Waals surface area contributed by atoms with Crippen LogP contribution in [-0.4, -0.2) is 40.1 Å². The highest BCUT2D eigenvalue weighted by atomic mass is 16.4. The standard InChI is InChI=1S/C12H17N3O3/c1-8(10-5-4-6-13-7-10)14-12(18)15(3)9(2)11(16)17/h4-9H,1-3H3,(H,14,18)(H,16,17). The highest BCUT2D eigenvalue weighted by molar-refractivity contribution is 5.82. The molecule has 1 aromatic rings. The van der Waals surface area contributed by atoms with Crippen molar-refractivity contribution in [2.24, 2.45) is 0 Å². The van der Waals surface area contributed by atoms with Crippen LogP contribution in [0.2, 0.25) is 0 Å². The summed E-state index contributed by atoms with van der Waals surface area (Å²) >= 11 is 0. The molecule has 2 unspecified atom stereocenters. The Morgan fingerprint density at radius 3 is 2.61 bits per heavy atom. The number of urea groups is 1. The quantitative estimate of drug-likeness (QED) is 0.843. The zero-order valence-corrected chi connectivity index (χ0v) is 10.6. The molecule has 2 atom stereocenters. The number of rotatable bonds is 4. The smallest absolute Gasteiger partial charge is 0.326 e. The van der Waals surface area contributed by atoms with Crippen LogP contribution in [-0.2, 0) is 4.79 Å². The van der Waals surface area contributed by atoms with Gasteiger partial charge in [-0.05, 0) is 25.5 Å². The molecule has 0 spiro atoms. The van der Waals surface area contributed by atoms with E-state index in [2.05, 4.69) is 10.3 Å². The summed E-state index contributed by atoms with van der Waals surface area (Å²) in [5.41, 5.74) is 0.863. The lowest BCUT2D eigenvalue weighted by Crippen LogP contribution is -2.46. The summed E-state index contributed by atoms with van der Waals surface area (Å²) in [7, 11) is 1.45. The number of aliphatic carboxylic acids is 1. The number of carbonyl (C=O) groups is 2. The van der Waals surface area contributed by atoms with Crippen LogP contribution < -0.4 is 5.32 Å². The van der Waals surface area contributed by atoms with E-state index in [1.807, 2.05) is 13.0 Å². The fourth-order valence-electron chi connectivity index (χ4n) is 1.34. The third-order valence-electron chi connectivity index (χ3n) is 2.78. The van der Waals surface area contributed by atoms with Crippen LogP contribution >= 0.6 is 0 Å². The first-order chi connectivity index (χ1) is 8.43. The molecule has 0 fully saturated rings. The normalized spacial score (nSPS) is 13.5. The summed E-state index contributed by atoms with van der Waals surface area (Å²) in [6, 6.07) is 2.10. The minimum absolute atomic E-state index is 0.227. The van der Waals surface area contributed by atoms with Gasteiger partial charge in [0.05, 0.1) is 6.04 Å². The molecule has 0 bridgehead atoms. The predicted octanol–water partition coefficient (Wildman–Crippen LogP) is 1.26. The van der Waals surface area contributed by atoms with Gasteiger partial charge in [0.1, 0.15) is 6.04 Å². The summed E-state index contributed by atoms with van der Waals surface area (Å²) in [5, 5.41) is 11.5. The Labute approximate surface area is 106 Å². The third-order valence-corrected chi connectivity index (χ3v) is 2.78. The molecule has 6 heteroatoms. The first-order valence-electron chi connectivity index (χ1n) is 5.59. The van der Waals surface area contributed by atoms with Gasteiger partial charge in [0, 0.05) is 19.4 Å². The Morgan fingerprint density at radius 1 is 1.44 bits per heavy atom. The van der Waals surface area contributed by atoms with E-state index in [-0.39, 0.29) is 6.04 Å². The van der Waals surface area contributed by atoms with Crippen LogP contribution in [0.1, 0.15) is 25.5 Å². The minimum atomic E-state index is -1.04. The van der Waals surface area contributed by atoms with Crippen molar-refractivity contribution in [3.63, 3.8) is 0 Å². The molecule has 0 aliphatic rings. The van der Waals surface area contributed by atoms with Crippen LogP contribution in [0.4, 0.5) is 4.79 Å². The monoisotopic (exact) mass is 251 g/mol. The molecule has 1 heterocycles. The average Bonchev–Trinajstić information content (AvgIpc) is 2.37. The highest BCUT2D eigenvalue weighted by Gasteiger charge is 2.22. The molecular formula is C12H17N3O3. The van der Waals surface area contributed by atoms with Gasteiger partial charge in [0.15, 0.2) is 0 Å². The number of likely N-dealkylation sites (N-methyl/N-ethyl adjacent to an activating group) is 1. The van der Waals surface area contributed by atoms with Gasteiger partial charge in [-0.15, -0.1) is 0 Å². The minimum Gasteiger partial charge on any atom is -0.480 e. The second-order valence-corrected chi connectivity index (χ2v) is 4.08. The molecule has 0 saturated heterocycles. The van der Waals surface area contributed by atoms with Gasteiger partial charge < -0.3 is 15.3 Å². The van der Waals surface area contributed by atoms with Gasteiger partial charge in [-0.1, -0.05) is 6.07 Å². The topological polar surface area (TPSA) is 82.5 Å². The number of hydrogen-bond acceptors (Lipinski definition) is 3. The van der Waals surface area contributed by atoms with E-state index >= 15 is 0 Å². The molecule has 0 saturated carbocycles. The first kappa shape index (κ1) is 14.0. The van der Waals surface area contributed by atoms with Crippen molar-refractivity contribution in [1.82, 2.24) is 15.2 Å². The van der Waals surface area contributed by atoms with E-state index < -0.39 is 18.0 Å². The van der Waals surface area contributed by atoms with Crippen molar-refractivity contribution < 1.29 is 14.7 Å². The van der Waals surface area contributed by atoms with E-state index in [0.717, 1.165) is 10.5 Å². The van der Waals surface area contributed by atoms with Gasteiger partial charge in [-0.2, -0.15) is 0 Å². The van der Waals surface area contributed by atoms with Crippen molar-refractivity contribution in [3.8, 4) is 0 Å². The summed E-state index contributed by atoms with van der Waals surface area (Å²) in [6.45, 7) is 3.27. The number of amides is 2. The Balaban J connectivity index is 2.62. The number of nitrogens with one attached hydrogen (secondary N) is 1. The predicted molar refractivity (Wildman–Crippen MR) is 66.0 cm³/mol. The van der Waals surface area contributed by atoms with E-state index in [9.17, 15) is 9.59 Å². The Hall–Kier alpha value is -2.11. The zero-order valence-electron chi connectivity index (χ0n) is 10.6. The lowest BCUT2D eigenvalue weighted by Gasteiger charge is -2.24. The third kappa shape index (κ3) is 3.44. The maximum Gasteiger partial charge on any atom is 0.326 e. The zero-order chi connectivity index (χ0) is 13.7. The largest absolute Gasteiger partial charge is 0.480 e. The lowest BCUT2D eigenvalue weighted by molar-refractivity contribution is -0.141. The van der Waals surface area contributed by atoms with E-state index in [1.54, 1.807) is 18.5 Å². The van der Waals surface area contributed by atoms with Crippen molar-refractivity contribution in [2.45, 2.75) is 25.9 Å². The summed E-state index contributed by atoms with van der Waals surface area (Å²) in [4.78, 5) is 27.7. The summed E-state index contributed by atoms with van der Waals surface area (Å²) in [6.07, 6.45) is 3.31. The van der Waals surface area contributed by atoms with Crippen LogP contribution in [0, 0.1) is 0 Å². The van der Waals surface area contributed by atoms with Crippen molar-refractivity contribution >= 4 is 12.0 Å². The fraction of sp³-hybridized carbons (Fsp3) is 0.417. The second kappa shape index (κ2) is 6.00. The SMILES string of the molecule is CC(NC(=O)N(C)C(C)C(=O)O)c1cccnc1. The Kier molecular flexibility index (Phi) is 4.65. The number of carboxylic acid groups (broad SMARTS) is 1. The maximum atomic E-state index is 11.8. The van der Waals surface area contributed by atoms with E-state index in [4.69, 9.17) is 5.11 Å². The van der Waals surface area contributed by atoms with Crippen molar-refractivity contribution in [1.29, 1.82) is 0 Å². The second-order valence-electron chi connectivity index (χ2n) is 4.08. The average molecular weight is 251 g/mol. The Morgan fingerprint density at radius 2 is 2.11 bits per heavy atom. The highest BCUT2D eigenvalue weighted by Crippen LogP contribution is 2.10. The fourth-order valence-corrected chi connectivity index (χ4v) is 1.34. The van der Waals surface area contributed by atoms with Gasteiger partial charge in [0.2, 0.25) is 0 Å². The number of hydrogen-bond donors (Lipinski definition) is 2. The summed E-state index contributed by atoms with van der Waals surface area (Å²) in [5.74, 6) is -1.04. The van der Waals surface area contributed by atoms with E-state index in [0.29, 0.717) is 0 Å². The van der Waals surface area contributed by atoms with Gasteiger partial charge >= 0.3 is 12.0 Å². The first-order valence-corrected chi connectivity index (χ1v) is 5.59. The molecular weight excluding hydrogens is 234 g/mol. The van der Waals surface area contributed by atoms with Crippen molar-refractivity contribution in [2.75, 3.05) is 7.05 Å². The lowest BCUT2D eigenvalue weighted by atomic mass is 10.1. The summed E-state index contributed by atoms with van der Waals surface area (Å²) < 4.78 is 0. The molecule has 18 heavy (non-hydrogen) atoms. The van der Waals surface area contributed by atoms with Gasteiger partial charge in [0.25, 0.3) is 0 Å². The molecule has 6 nitrogen and oxygen atoms in total. The van der Waals surface area contributed by atoms with Crippen LogP contribution in [0.5, 0.6) is 0 Å². The molecule has 0 aliphatic carbocycles. The maximum absolute atomic E-state index is 11.8. The number of carboxylic acids is 1. The molecule has 0 aliphatic heterocycles. The van der Waals surface area contributed by atoms with E-state index in [1.165, 1.54) is 14.0 Å². The van der Waals surface area contributed by atoms with Crippen LogP contribution in [0.15, 0.2) is 24.5 Å².